The first-order valence-electron chi connectivity index (χ1n) is 10.5. The molecule has 28 heavy (non-hydrogen) atoms. The minimum Gasteiger partial charge on any atom is -0.345 e. The normalized spacial score (nSPS) is 23.0. The fraction of sp³-hybridized carbons (Fsp3) is 0.652. The van der Waals surface area contributed by atoms with Crippen molar-refractivity contribution in [3.05, 3.63) is 35.4 Å². The molecule has 0 bridgehead atoms. The SMILES string of the molecule is C[C@H]1S[C@H](c2ccc(C(C)(C)C)cc2)N(CCCN(C)C(=O)C2CCC2)C1=O. The average molecular weight is 403 g/mol. The first kappa shape index (κ1) is 21.2. The Balaban J connectivity index is 1.61. The molecule has 0 aromatic heterocycles. The number of thioether (sulfide) groups is 1. The molecule has 1 aromatic carbocycles. The van der Waals surface area contributed by atoms with Gasteiger partial charge in [0.1, 0.15) is 5.37 Å². The molecule has 1 saturated heterocycles. The number of amides is 2. The third-order valence-electron chi connectivity index (χ3n) is 6.03. The van der Waals surface area contributed by atoms with Crippen LogP contribution >= 0.6 is 11.8 Å². The van der Waals surface area contributed by atoms with E-state index in [1.807, 2.05) is 23.8 Å². The largest absolute Gasteiger partial charge is 0.345 e. The second kappa shape index (κ2) is 8.48. The maximum atomic E-state index is 12.7. The van der Waals surface area contributed by atoms with E-state index >= 15 is 0 Å². The van der Waals surface area contributed by atoms with Crippen molar-refractivity contribution in [2.45, 2.75) is 69.4 Å². The molecule has 0 radical (unpaired) electrons. The summed E-state index contributed by atoms with van der Waals surface area (Å²) in [6.45, 7) is 10.1. The summed E-state index contributed by atoms with van der Waals surface area (Å²) in [5.41, 5.74) is 2.62. The molecule has 3 rings (SSSR count). The Labute approximate surface area is 174 Å². The van der Waals surface area contributed by atoms with Gasteiger partial charge < -0.3 is 9.80 Å². The van der Waals surface area contributed by atoms with Gasteiger partial charge in [0.2, 0.25) is 11.8 Å². The second-order valence-corrected chi connectivity index (χ2v) is 10.7. The number of rotatable bonds is 6. The molecule has 1 aliphatic carbocycles. The smallest absolute Gasteiger partial charge is 0.236 e. The highest BCUT2D eigenvalue weighted by molar-refractivity contribution is 8.01. The van der Waals surface area contributed by atoms with Gasteiger partial charge in [0.05, 0.1) is 5.25 Å². The molecule has 0 unspecified atom stereocenters. The summed E-state index contributed by atoms with van der Waals surface area (Å²) in [7, 11) is 1.90. The van der Waals surface area contributed by atoms with Gasteiger partial charge in [0.25, 0.3) is 0 Å². The van der Waals surface area contributed by atoms with Gasteiger partial charge in [-0.25, -0.2) is 0 Å². The van der Waals surface area contributed by atoms with Crippen LogP contribution in [-0.2, 0) is 15.0 Å². The van der Waals surface area contributed by atoms with Gasteiger partial charge in [0.15, 0.2) is 0 Å². The Hall–Kier alpha value is -1.49. The zero-order valence-electron chi connectivity index (χ0n) is 17.9. The number of carbonyl (C=O) groups excluding carboxylic acids is 2. The van der Waals surface area contributed by atoms with Gasteiger partial charge in [-0.2, -0.15) is 0 Å². The second-order valence-electron chi connectivity index (χ2n) is 9.28. The van der Waals surface area contributed by atoms with Gasteiger partial charge in [-0.1, -0.05) is 51.5 Å². The van der Waals surface area contributed by atoms with Crippen LogP contribution in [0.25, 0.3) is 0 Å². The minimum atomic E-state index is -0.0124. The van der Waals surface area contributed by atoms with E-state index in [1.165, 1.54) is 17.5 Å². The number of nitrogens with zero attached hydrogens (tertiary/aromatic N) is 2. The van der Waals surface area contributed by atoms with E-state index in [-0.39, 0.29) is 33.8 Å². The van der Waals surface area contributed by atoms with Gasteiger partial charge in [-0.15, -0.1) is 11.8 Å². The highest BCUT2D eigenvalue weighted by Gasteiger charge is 2.38. The summed E-state index contributed by atoms with van der Waals surface area (Å²) in [6.07, 6.45) is 4.07. The van der Waals surface area contributed by atoms with E-state index in [0.717, 1.165) is 19.3 Å². The van der Waals surface area contributed by atoms with Crippen LogP contribution in [0.4, 0.5) is 0 Å². The fourth-order valence-corrected chi connectivity index (χ4v) is 5.17. The van der Waals surface area contributed by atoms with Crippen LogP contribution in [0.5, 0.6) is 0 Å². The molecule has 154 valence electrons. The predicted octanol–water partition coefficient (Wildman–Crippen LogP) is 4.60. The maximum Gasteiger partial charge on any atom is 0.236 e. The van der Waals surface area contributed by atoms with Crippen molar-refractivity contribution in [1.29, 1.82) is 0 Å². The first-order chi connectivity index (χ1) is 13.2. The molecule has 2 aliphatic rings. The van der Waals surface area contributed by atoms with Gasteiger partial charge in [-0.3, -0.25) is 9.59 Å². The minimum absolute atomic E-state index is 0.0124. The summed E-state index contributed by atoms with van der Waals surface area (Å²) in [6, 6.07) is 8.71. The highest BCUT2D eigenvalue weighted by Crippen LogP contribution is 2.43. The lowest BCUT2D eigenvalue weighted by Gasteiger charge is -2.30. The van der Waals surface area contributed by atoms with E-state index in [1.54, 1.807) is 11.8 Å². The van der Waals surface area contributed by atoms with E-state index in [4.69, 9.17) is 0 Å². The Kier molecular flexibility index (Phi) is 6.43. The summed E-state index contributed by atoms with van der Waals surface area (Å²) in [5, 5.41) is 0.0609. The molecular weight excluding hydrogens is 368 g/mol. The van der Waals surface area contributed by atoms with Crippen LogP contribution in [0.15, 0.2) is 24.3 Å². The average Bonchev–Trinajstić information content (AvgIpc) is 2.88. The molecule has 1 aromatic rings. The summed E-state index contributed by atoms with van der Waals surface area (Å²) in [5.74, 6) is 0.724. The van der Waals surface area contributed by atoms with Crippen LogP contribution in [0.1, 0.15) is 69.9 Å². The van der Waals surface area contributed by atoms with Crippen molar-refractivity contribution >= 4 is 23.6 Å². The van der Waals surface area contributed by atoms with E-state index in [2.05, 4.69) is 45.0 Å². The number of carbonyl (C=O) groups is 2. The zero-order valence-corrected chi connectivity index (χ0v) is 18.7. The number of benzene rings is 1. The third-order valence-corrected chi connectivity index (χ3v) is 7.43. The first-order valence-corrected chi connectivity index (χ1v) is 11.4. The highest BCUT2D eigenvalue weighted by atomic mass is 32.2. The van der Waals surface area contributed by atoms with E-state index in [9.17, 15) is 9.59 Å². The molecule has 4 nitrogen and oxygen atoms in total. The summed E-state index contributed by atoms with van der Waals surface area (Å²) < 4.78 is 0. The number of hydrogen-bond donors (Lipinski definition) is 0. The molecule has 1 saturated carbocycles. The maximum absolute atomic E-state index is 12.7. The summed E-state index contributed by atoms with van der Waals surface area (Å²) in [4.78, 5) is 28.9. The van der Waals surface area contributed by atoms with Gasteiger partial charge >= 0.3 is 0 Å². The van der Waals surface area contributed by atoms with E-state index in [0.29, 0.717) is 13.1 Å². The lowest BCUT2D eigenvalue weighted by molar-refractivity contribution is -0.136. The fourth-order valence-electron chi connectivity index (χ4n) is 3.86. The van der Waals surface area contributed by atoms with Crippen LogP contribution in [0.3, 0.4) is 0 Å². The zero-order chi connectivity index (χ0) is 20.5. The van der Waals surface area contributed by atoms with Crippen LogP contribution in [0, 0.1) is 5.92 Å². The van der Waals surface area contributed by atoms with Crippen molar-refractivity contribution in [3.63, 3.8) is 0 Å². The molecule has 2 fully saturated rings. The molecule has 0 spiro atoms. The lowest BCUT2D eigenvalue weighted by Crippen LogP contribution is -2.38. The van der Waals surface area contributed by atoms with Crippen molar-refractivity contribution in [2.24, 2.45) is 5.92 Å². The van der Waals surface area contributed by atoms with Crippen molar-refractivity contribution in [2.75, 3.05) is 20.1 Å². The Morgan fingerprint density at radius 1 is 1.21 bits per heavy atom. The van der Waals surface area contributed by atoms with Gasteiger partial charge in [0, 0.05) is 26.1 Å². The molecule has 2 atom stereocenters. The number of hydrogen-bond acceptors (Lipinski definition) is 3. The van der Waals surface area contributed by atoms with Crippen LogP contribution < -0.4 is 0 Å². The van der Waals surface area contributed by atoms with Crippen molar-refractivity contribution in [1.82, 2.24) is 9.80 Å². The van der Waals surface area contributed by atoms with Crippen molar-refractivity contribution < 1.29 is 9.59 Å². The Bertz CT molecular complexity index is 706. The Morgan fingerprint density at radius 3 is 2.39 bits per heavy atom. The standard InChI is InChI=1S/C23H34N2O2S/c1-16-20(26)25(15-7-14-24(5)21(27)17-8-6-9-17)22(28-16)18-10-12-19(13-11-18)23(2,3)4/h10-13,16-17,22H,6-9,14-15H2,1-5H3/t16-,22-/m1/s1. The molecular formula is C23H34N2O2S. The Morgan fingerprint density at radius 2 is 1.86 bits per heavy atom. The van der Waals surface area contributed by atoms with E-state index < -0.39 is 0 Å². The topological polar surface area (TPSA) is 40.6 Å². The summed E-state index contributed by atoms with van der Waals surface area (Å²) >= 11 is 1.73. The lowest BCUT2D eigenvalue weighted by atomic mass is 9.84. The monoisotopic (exact) mass is 402 g/mol. The third kappa shape index (κ3) is 4.56. The quantitative estimate of drug-likeness (QED) is 0.698. The van der Waals surface area contributed by atoms with Gasteiger partial charge in [-0.05, 0) is 42.7 Å². The van der Waals surface area contributed by atoms with Crippen LogP contribution in [0.2, 0.25) is 0 Å². The van der Waals surface area contributed by atoms with Crippen molar-refractivity contribution in [3.8, 4) is 0 Å². The molecule has 5 heteroatoms. The molecule has 1 heterocycles. The van der Waals surface area contributed by atoms with Crippen LogP contribution in [-0.4, -0.2) is 47.0 Å². The molecule has 1 aliphatic heterocycles. The molecule has 2 amide bonds. The predicted molar refractivity (Wildman–Crippen MR) is 116 cm³/mol. The molecule has 0 N–H and O–H groups in total.